The second-order valence-corrected chi connectivity index (χ2v) is 5.46. The molecular weight excluding hydrogens is 355 g/mol. The molecule has 0 aliphatic rings. The summed E-state index contributed by atoms with van der Waals surface area (Å²) in [5.74, 6) is -1.89. The minimum atomic E-state index is -1.08. The minimum absolute atomic E-state index is 0.0344. The molecule has 0 saturated carbocycles. The van der Waals surface area contributed by atoms with Crippen LogP contribution in [0.3, 0.4) is 0 Å². The Morgan fingerprint density at radius 3 is 2.76 bits per heavy atom. The Hall–Kier alpha value is -2.94. The average Bonchev–Trinajstić information content (AvgIpc) is 2.91. The van der Waals surface area contributed by atoms with Crippen LogP contribution in [0, 0.1) is 5.95 Å². The summed E-state index contributed by atoms with van der Waals surface area (Å²) in [7, 11) is 0. The van der Waals surface area contributed by atoms with Crippen molar-refractivity contribution in [1.29, 1.82) is 0 Å². The topological polar surface area (TPSA) is 127 Å². The predicted molar refractivity (Wildman–Crippen MR) is 86.8 cm³/mol. The monoisotopic (exact) mass is 368 g/mol. The van der Waals surface area contributed by atoms with Crippen molar-refractivity contribution in [2.24, 2.45) is 5.73 Å². The maximum Gasteiger partial charge on any atom is 0.405 e. The lowest BCUT2D eigenvalue weighted by Crippen LogP contribution is -2.29. The smallest absolute Gasteiger partial charge is 0.405 e. The number of carbonyl (C=O) groups excluding carboxylic acids is 3. The zero-order valence-electron chi connectivity index (χ0n) is 13.0. The number of Topliss-reactive ketones (excluding diaryl/α,β-unsaturated/α-hetero) is 1. The number of anilines is 1. The van der Waals surface area contributed by atoms with Gasteiger partial charge >= 0.3 is 6.09 Å². The van der Waals surface area contributed by atoms with Gasteiger partial charge in [0.1, 0.15) is 0 Å². The first-order valence-electron chi connectivity index (χ1n) is 7.06. The van der Waals surface area contributed by atoms with Crippen LogP contribution in [0.5, 0.6) is 0 Å². The van der Waals surface area contributed by atoms with Gasteiger partial charge in [0.15, 0.2) is 17.7 Å². The maximum absolute atomic E-state index is 12.9. The number of hydrogen-bond donors (Lipinski definition) is 3. The number of carbonyl (C=O) groups is 3. The Morgan fingerprint density at radius 1 is 1.44 bits per heavy atom. The van der Waals surface area contributed by atoms with Gasteiger partial charge in [0.2, 0.25) is 5.95 Å². The molecule has 10 heteroatoms. The van der Waals surface area contributed by atoms with Gasteiger partial charge in [-0.05, 0) is 18.6 Å². The number of aromatic nitrogens is 2. The van der Waals surface area contributed by atoms with Crippen LogP contribution in [-0.2, 0) is 16.0 Å². The number of rotatable bonds is 6. The summed E-state index contributed by atoms with van der Waals surface area (Å²) in [6, 6.07) is 5.55. The van der Waals surface area contributed by atoms with Crippen molar-refractivity contribution < 1.29 is 23.5 Å². The number of nitrogens with zero attached hydrogens (tertiary/aromatic N) is 1. The molecule has 4 N–H and O–H groups in total. The fourth-order valence-corrected chi connectivity index (χ4v) is 2.36. The number of primary amides is 1. The normalized spacial score (nSPS) is 11.6. The van der Waals surface area contributed by atoms with E-state index in [0.29, 0.717) is 5.56 Å². The third-order valence-electron chi connectivity index (χ3n) is 3.23. The maximum atomic E-state index is 12.9. The van der Waals surface area contributed by atoms with E-state index in [2.05, 4.69) is 15.2 Å². The van der Waals surface area contributed by atoms with Crippen molar-refractivity contribution in [1.82, 2.24) is 10.2 Å². The van der Waals surface area contributed by atoms with Gasteiger partial charge in [-0.1, -0.05) is 23.7 Å². The average molecular weight is 369 g/mol. The number of benzene rings is 1. The van der Waals surface area contributed by atoms with Crippen molar-refractivity contribution in [3.8, 4) is 0 Å². The number of H-pyrrole nitrogens is 1. The zero-order valence-corrected chi connectivity index (χ0v) is 13.8. The number of aromatic amines is 1. The van der Waals surface area contributed by atoms with Crippen LogP contribution in [-0.4, -0.2) is 34.1 Å². The molecule has 1 heterocycles. The van der Waals surface area contributed by atoms with Crippen molar-refractivity contribution in [2.45, 2.75) is 19.4 Å². The van der Waals surface area contributed by atoms with Crippen molar-refractivity contribution in [3.05, 3.63) is 46.4 Å². The van der Waals surface area contributed by atoms with E-state index in [-0.39, 0.29) is 22.8 Å². The molecule has 25 heavy (non-hydrogen) atoms. The molecule has 2 amide bonds. The van der Waals surface area contributed by atoms with Crippen molar-refractivity contribution >= 4 is 35.2 Å². The molecule has 0 bridgehead atoms. The summed E-state index contributed by atoms with van der Waals surface area (Å²) in [4.78, 5) is 35.2. The van der Waals surface area contributed by atoms with E-state index >= 15 is 0 Å². The van der Waals surface area contributed by atoms with Crippen LogP contribution >= 0.6 is 11.6 Å². The molecular formula is C15H14ClFN4O4. The number of nitrogens with one attached hydrogen (secondary N) is 2. The first-order chi connectivity index (χ1) is 11.8. The fourth-order valence-electron chi connectivity index (χ4n) is 2.08. The molecule has 0 radical (unpaired) electrons. The summed E-state index contributed by atoms with van der Waals surface area (Å²) in [6.07, 6.45) is -2.37. The van der Waals surface area contributed by atoms with Gasteiger partial charge in [-0.25, -0.2) is 4.79 Å². The van der Waals surface area contributed by atoms with Gasteiger partial charge in [-0.15, -0.1) is 0 Å². The minimum Gasteiger partial charge on any atom is -0.439 e. The summed E-state index contributed by atoms with van der Waals surface area (Å²) in [5, 5.41) is 8.06. The van der Waals surface area contributed by atoms with Gasteiger partial charge < -0.3 is 15.8 Å². The second-order valence-electron chi connectivity index (χ2n) is 5.05. The summed E-state index contributed by atoms with van der Waals surface area (Å²) >= 11 is 6.06. The first kappa shape index (κ1) is 18.4. The number of halogens is 2. The molecule has 1 atom stereocenters. The van der Waals surface area contributed by atoms with Crippen molar-refractivity contribution in [2.75, 3.05) is 5.32 Å². The molecule has 2 aromatic rings. The molecule has 0 spiro atoms. The molecule has 132 valence electrons. The highest BCUT2D eigenvalue weighted by Crippen LogP contribution is 2.22. The summed E-state index contributed by atoms with van der Waals surface area (Å²) < 4.78 is 17.5. The van der Waals surface area contributed by atoms with E-state index in [9.17, 15) is 18.8 Å². The van der Waals surface area contributed by atoms with Crippen LogP contribution in [0.15, 0.2) is 24.3 Å². The van der Waals surface area contributed by atoms with E-state index in [1.807, 2.05) is 5.10 Å². The molecule has 2 rings (SSSR count). The fraction of sp³-hybridized carbons (Fsp3) is 0.200. The van der Waals surface area contributed by atoms with Gasteiger partial charge in [0.05, 0.1) is 10.6 Å². The van der Waals surface area contributed by atoms with Gasteiger partial charge in [0.25, 0.3) is 5.91 Å². The molecule has 8 nitrogen and oxygen atoms in total. The van der Waals surface area contributed by atoms with E-state index in [4.69, 9.17) is 17.3 Å². The second kappa shape index (κ2) is 7.75. The predicted octanol–water partition coefficient (Wildman–Crippen LogP) is 2.05. The first-order valence-corrected chi connectivity index (χ1v) is 7.44. The third kappa shape index (κ3) is 4.77. The van der Waals surface area contributed by atoms with Crippen molar-refractivity contribution in [3.63, 3.8) is 0 Å². The number of ketones is 1. The third-order valence-corrected chi connectivity index (χ3v) is 3.54. The lowest BCUT2D eigenvalue weighted by molar-refractivity contribution is -0.125. The van der Waals surface area contributed by atoms with Gasteiger partial charge in [-0.2, -0.15) is 9.49 Å². The molecule has 1 aromatic heterocycles. The van der Waals surface area contributed by atoms with Crippen LogP contribution in [0.4, 0.5) is 15.0 Å². The van der Waals surface area contributed by atoms with Crippen LogP contribution in [0.1, 0.15) is 22.8 Å². The molecule has 0 aliphatic carbocycles. The Bertz CT molecular complexity index is 824. The van der Waals surface area contributed by atoms with E-state index < -0.39 is 29.8 Å². The Labute approximate surface area is 146 Å². The zero-order chi connectivity index (χ0) is 18.6. The summed E-state index contributed by atoms with van der Waals surface area (Å²) in [6.45, 7) is 1.36. The highest BCUT2D eigenvalue weighted by Gasteiger charge is 2.22. The van der Waals surface area contributed by atoms with Crippen LogP contribution in [0.2, 0.25) is 5.02 Å². The standard InChI is InChI=1S/C15H14ClFN4O4/c1-7(25-15(18)24)10(22)5-8-3-2-4-9(16)13(8)14(23)19-12-6-11(17)20-21-12/h2-4,6-7H,5H2,1H3,(H2,18,24)(H2,19,20,21,23)/t7-/m0/s1. The Balaban J connectivity index is 2.22. The summed E-state index contributed by atoms with van der Waals surface area (Å²) in [5.41, 5.74) is 5.22. The Kier molecular flexibility index (Phi) is 5.71. The van der Waals surface area contributed by atoms with Crippen LogP contribution < -0.4 is 11.1 Å². The number of ether oxygens (including phenoxy) is 1. The highest BCUT2D eigenvalue weighted by molar-refractivity contribution is 6.34. The lowest BCUT2D eigenvalue weighted by Gasteiger charge is -2.13. The Morgan fingerprint density at radius 2 is 2.16 bits per heavy atom. The molecule has 1 aromatic carbocycles. The largest absolute Gasteiger partial charge is 0.439 e. The van der Waals surface area contributed by atoms with Gasteiger partial charge in [0, 0.05) is 12.5 Å². The van der Waals surface area contributed by atoms with Gasteiger partial charge in [-0.3, -0.25) is 14.7 Å². The molecule has 0 saturated heterocycles. The SMILES string of the molecule is C[C@H](OC(N)=O)C(=O)Cc1cccc(Cl)c1C(=O)Nc1cc(F)[nH]n1. The van der Waals surface area contributed by atoms with Crippen LogP contribution in [0.25, 0.3) is 0 Å². The number of amides is 2. The molecule has 0 aliphatic heterocycles. The highest BCUT2D eigenvalue weighted by atomic mass is 35.5. The number of nitrogens with two attached hydrogens (primary N) is 1. The number of hydrogen-bond acceptors (Lipinski definition) is 5. The van der Waals surface area contributed by atoms with E-state index in [0.717, 1.165) is 6.07 Å². The quantitative estimate of drug-likeness (QED) is 0.719. The lowest BCUT2D eigenvalue weighted by atomic mass is 9.99. The van der Waals surface area contributed by atoms with E-state index in [1.54, 1.807) is 6.07 Å². The van der Waals surface area contributed by atoms with E-state index in [1.165, 1.54) is 19.1 Å². The molecule has 0 fully saturated rings. The molecule has 0 unspecified atom stereocenters.